The molecule has 2 aromatic rings. The van der Waals surface area contributed by atoms with E-state index in [4.69, 9.17) is 5.11 Å². The van der Waals surface area contributed by atoms with Crippen molar-refractivity contribution in [3.8, 4) is 0 Å². The Kier molecular flexibility index (Phi) is 4.14. The number of hydrogen-bond acceptors (Lipinski definition) is 3. The summed E-state index contributed by atoms with van der Waals surface area (Å²) in [5, 5.41) is 9.17. The lowest BCUT2D eigenvalue weighted by molar-refractivity contribution is -0.142. The summed E-state index contributed by atoms with van der Waals surface area (Å²) in [5.41, 5.74) is 1.68. The van der Waals surface area contributed by atoms with Crippen LogP contribution in [0, 0.1) is 11.8 Å². The van der Waals surface area contributed by atoms with Gasteiger partial charge in [-0.2, -0.15) is 0 Å². The van der Waals surface area contributed by atoms with Crippen molar-refractivity contribution < 1.29 is 14.7 Å². The molecule has 1 saturated heterocycles. The summed E-state index contributed by atoms with van der Waals surface area (Å²) >= 11 is 0. The van der Waals surface area contributed by atoms with Crippen molar-refractivity contribution in [1.82, 2.24) is 14.5 Å². The highest BCUT2D eigenvalue weighted by atomic mass is 16.4. The molecule has 0 unspecified atom stereocenters. The monoisotopic (exact) mass is 313 g/mol. The third-order valence-electron chi connectivity index (χ3n) is 4.34. The number of carbonyl (C=O) groups excluding carboxylic acids is 1. The molecule has 0 saturated carbocycles. The number of aromatic nitrogens is 2. The fourth-order valence-electron chi connectivity index (χ4n) is 2.98. The average Bonchev–Trinajstić information content (AvgIpc) is 3.17. The van der Waals surface area contributed by atoms with E-state index in [1.165, 1.54) is 0 Å². The van der Waals surface area contributed by atoms with Crippen LogP contribution < -0.4 is 0 Å². The smallest absolute Gasteiger partial charge is 0.308 e. The molecule has 1 aliphatic rings. The van der Waals surface area contributed by atoms with Gasteiger partial charge >= 0.3 is 5.97 Å². The lowest BCUT2D eigenvalue weighted by atomic mass is 9.99. The van der Waals surface area contributed by atoms with Crippen molar-refractivity contribution in [3.05, 3.63) is 54.1 Å². The minimum absolute atomic E-state index is 0.0167. The van der Waals surface area contributed by atoms with Crippen LogP contribution in [0.25, 0.3) is 0 Å². The Bertz CT molecular complexity index is 694. The number of nitrogens with zero attached hydrogens (tertiary/aromatic N) is 3. The summed E-state index contributed by atoms with van der Waals surface area (Å²) < 4.78 is 1.95. The van der Waals surface area contributed by atoms with Crippen LogP contribution in [0.3, 0.4) is 0 Å². The van der Waals surface area contributed by atoms with Crippen molar-refractivity contribution >= 4 is 11.9 Å². The molecule has 1 amide bonds. The Morgan fingerprint density at radius 2 is 2.00 bits per heavy atom. The first-order valence-corrected chi connectivity index (χ1v) is 7.61. The maximum atomic E-state index is 12.5. The zero-order valence-electron chi connectivity index (χ0n) is 12.9. The van der Waals surface area contributed by atoms with Crippen LogP contribution in [0.4, 0.5) is 0 Å². The van der Waals surface area contributed by atoms with Gasteiger partial charge in [-0.05, 0) is 23.6 Å². The van der Waals surface area contributed by atoms with Crippen molar-refractivity contribution in [1.29, 1.82) is 0 Å². The van der Waals surface area contributed by atoms with Crippen LogP contribution in [0.1, 0.15) is 22.8 Å². The molecule has 1 N–H and O–H groups in total. The molecule has 6 nitrogen and oxygen atoms in total. The minimum Gasteiger partial charge on any atom is -0.481 e. The van der Waals surface area contributed by atoms with E-state index in [-0.39, 0.29) is 18.4 Å². The van der Waals surface area contributed by atoms with Gasteiger partial charge in [0.2, 0.25) is 0 Å². The number of benzene rings is 1. The first kappa shape index (κ1) is 15.3. The van der Waals surface area contributed by atoms with Crippen LogP contribution in [0.2, 0.25) is 0 Å². The van der Waals surface area contributed by atoms with Crippen LogP contribution in [-0.4, -0.2) is 44.5 Å². The summed E-state index contributed by atoms with van der Waals surface area (Å²) in [6.45, 7) is 3.36. The van der Waals surface area contributed by atoms with Gasteiger partial charge in [-0.25, -0.2) is 4.98 Å². The largest absolute Gasteiger partial charge is 0.481 e. The van der Waals surface area contributed by atoms with Crippen LogP contribution in [-0.2, 0) is 11.3 Å². The highest BCUT2D eigenvalue weighted by Crippen LogP contribution is 2.24. The van der Waals surface area contributed by atoms with Crippen molar-refractivity contribution in [2.75, 3.05) is 13.1 Å². The second kappa shape index (κ2) is 6.24. The minimum atomic E-state index is -0.830. The van der Waals surface area contributed by atoms with Crippen molar-refractivity contribution in [2.45, 2.75) is 13.5 Å². The average molecular weight is 313 g/mol. The Balaban J connectivity index is 1.67. The van der Waals surface area contributed by atoms with Gasteiger partial charge in [-0.3, -0.25) is 9.59 Å². The van der Waals surface area contributed by atoms with E-state index in [0.717, 1.165) is 5.56 Å². The van der Waals surface area contributed by atoms with Crippen molar-refractivity contribution in [3.63, 3.8) is 0 Å². The van der Waals surface area contributed by atoms with Gasteiger partial charge in [-0.15, -0.1) is 0 Å². The number of amides is 1. The molecule has 120 valence electrons. The molecule has 1 fully saturated rings. The summed E-state index contributed by atoms with van der Waals surface area (Å²) in [4.78, 5) is 29.3. The lowest BCUT2D eigenvalue weighted by Gasteiger charge is -2.16. The molecule has 0 radical (unpaired) electrons. The fraction of sp³-hybridized carbons (Fsp3) is 0.353. The molecule has 3 rings (SSSR count). The summed E-state index contributed by atoms with van der Waals surface area (Å²) in [7, 11) is 0. The number of hydrogen-bond donors (Lipinski definition) is 1. The van der Waals surface area contributed by atoms with Gasteiger partial charge < -0.3 is 14.6 Å². The second-order valence-corrected chi connectivity index (χ2v) is 6.06. The van der Waals surface area contributed by atoms with E-state index in [2.05, 4.69) is 4.98 Å². The lowest BCUT2D eigenvalue weighted by Crippen LogP contribution is -2.29. The Labute approximate surface area is 134 Å². The topological polar surface area (TPSA) is 75.4 Å². The van der Waals surface area contributed by atoms with E-state index < -0.39 is 11.9 Å². The third kappa shape index (κ3) is 3.26. The first-order valence-electron chi connectivity index (χ1n) is 7.61. The maximum Gasteiger partial charge on any atom is 0.308 e. The molecular weight excluding hydrogens is 294 g/mol. The molecule has 23 heavy (non-hydrogen) atoms. The van der Waals surface area contributed by atoms with Crippen LogP contribution in [0.15, 0.2) is 43.0 Å². The van der Waals surface area contributed by atoms with Crippen LogP contribution in [0.5, 0.6) is 0 Å². The zero-order valence-corrected chi connectivity index (χ0v) is 12.9. The Hall–Kier alpha value is -2.63. The molecule has 1 aromatic heterocycles. The Morgan fingerprint density at radius 3 is 2.57 bits per heavy atom. The SMILES string of the molecule is C[C@@H]1CN(C(=O)c2ccc(Cn3ccnc3)cc2)C[C@H]1C(=O)O. The van der Waals surface area contributed by atoms with E-state index in [9.17, 15) is 9.59 Å². The van der Waals surface area contributed by atoms with E-state index in [0.29, 0.717) is 18.7 Å². The van der Waals surface area contributed by atoms with Gasteiger partial charge in [-0.1, -0.05) is 19.1 Å². The summed E-state index contributed by atoms with van der Waals surface area (Å²) in [6, 6.07) is 7.43. The van der Waals surface area contributed by atoms with Gasteiger partial charge in [0.25, 0.3) is 5.91 Å². The summed E-state index contributed by atoms with van der Waals surface area (Å²) in [5.74, 6) is -1.42. The van der Waals surface area contributed by atoms with Gasteiger partial charge in [0.05, 0.1) is 12.2 Å². The molecule has 0 aliphatic carbocycles. The zero-order chi connectivity index (χ0) is 16.4. The molecule has 0 spiro atoms. The molecule has 6 heteroatoms. The van der Waals surface area contributed by atoms with Gasteiger partial charge in [0, 0.05) is 37.6 Å². The standard InChI is InChI=1S/C17H19N3O3/c1-12-8-20(10-15(12)17(22)23)16(21)14-4-2-13(3-5-14)9-19-7-6-18-11-19/h2-7,11-12,15H,8-10H2,1H3,(H,22,23)/t12-,15-/m1/s1. The first-order chi connectivity index (χ1) is 11.0. The molecule has 0 bridgehead atoms. The predicted octanol–water partition coefficient (Wildman–Crippen LogP) is 1.72. The van der Waals surface area contributed by atoms with Crippen molar-refractivity contribution in [2.24, 2.45) is 11.8 Å². The van der Waals surface area contributed by atoms with E-state index in [1.54, 1.807) is 29.6 Å². The molecule has 2 heterocycles. The van der Waals surface area contributed by atoms with E-state index in [1.807, 2.05) is 29.8 Å². The Morgan fingerprint density at radius 1 is 1.26 bits per heavy atom. The number of aliphatic carboxylic acids is 1. The number of imidazole rings is 1. The van der Waals surface area contributed by atoms with Gasteiger partial charge in [0.15, 0.2) is 0 Å². The normalized spacial score (nSPS) is 20.7. The molecular formula is C17H19N3O3. The highest BCUT2D eigenvalue weighted by Gasteiger charge is 2.37. The fourth-order valence-corrected chi connectivity index (χ4v) is 2.98. The molecule has 2 atom stereocenters. The number of carboxylic acid groups (broad SMARTS) is 1. The number of rotatable bonds is 4. The van der Waals surface area contributed by atoms with E-state index >= 15 is 0 Å². The second-order valence-electron chi connectivity index (χ2n) is 6.06. The summed E-state index contributed by atoms with van der Waals surface area (Å²) in [6.07, 6.45) is 5.36. The quantitative estimate of drug-likeness (QED) is 0.932. The predicted molar refractivity (Wildman–Crippen MR) is 84.0 cm³/mol. The highest BCUT2D eigenvalue weighted by molar-refractivity contribution is 5.94. The number of carboxylic acids is 1. The van der Waals surface area contributed by atoms with Gasteiger partial charge in [0.1, 0.15) is 0 Å². The number of likely N-dealkylation sites (tertiary alicyclic amines) is 1. The third-order valence-corrected chi connectivity index (χ3v) is 4.34. The molecule has 1 aliphatic heterocycles. The van der Waals surface area contributed by atoms with Crippen LogP contribution >= 0.6 is 0 Å². The number of carbonyl (C=O) groups is 2. The molecule has 1 aromatic carbocycles. The maximum absolute atomic E-state index is 12.5.